The van der Waals surface area contributed by atoms with Gasteiger partial charge in [-0.25, -0.2) is 0 Å². The van der Waals surface area contributed by atoms with Gasteiger partial charge >= 0.3 is 0 Å². The van der Waals surface area contributed by atoms with E-state index in [2.05, 4.69) is 11.2 Å². The van der Waals surface area contributed by atoms with Gasteiger partial charge in [-0.05, 0) is 36.8 Å². The van der Waals surface area contributed by atoms with E-state index in [0.717, 1.165) is 16.9 Å². The molecule has 20 heavy (non-hydrogen) atoms. The number of benzene rings is 2. The number of oxime groups is 1. The molecule has 0 fully saturated rings. The van der Waals surface area contributed by atoms with Crippen LogP contribution in [0.3, 0.4) is 0 Å². The number of anilines is 2. The summed E-state index contributed by atoms with van der Waals surface area (Å²) >= 11 is 6.17. The number of aryl methyl sites for hydroxylation is 1. The van der Waals surface area contributed by atoms with E-state index in [0.29, 0.717) is 10.6 Å². The van der Waals surface area contributed by atoms with Crippen LogP contribution in [0, 0.1) is 6.92 Å². The van der Waals surface area contributed by atoms with Gasteiger partial charge in [0.05, 0.1) is 16.3 Å². The molecular formula is C15H16ClN3O. The maximum atomic E-state index is 8.92. The van der Waals surface area contributed by atoms with Crippen molar-refractivity contribution in [2.24, 2.45) is 10.9 Å². The molecule has 4 nitrogen and oxygen atoms in total. The molecule has 0 radical (unpaired) electrons. The van der Waals surface area contributed by atoms with Crippen molar-refractivity contribution in [1.82, 2.24) is 0 Å². The Morgan fingerprint density at radius 1 is 1.25 bits per heavy atom. The Balaban J connectivity index is 2.55. The SMILES string of the molecule is Cc1cccc(N(C)c2cccc(Cl)c2C(N)=NO)c1. The minimum absolute atomic E-state index is 0.00916. The fourth-order valence-corrected chi connectivity index (χ4v) is 2.34. The highest BCUT2D eigenvalue weighted by atomic mass is 35.5. The molecule has 3 N–H and O–H groups in total. The first-order chi connectivity index (χ1) is 9.54. The summed E-state index contributed by atoms with van der Waals surface area (Å²) in [5.74, 6) is -0.00916. The number of amidine groups is 1. The van der Waals surface area contributed by atoms with Crippen LogP contribution < -0.4 is 10.6 Å². The predicted octanol–water partition coefficient (Wildman–Crippen LogP) is 3.51. The summed E-state index contributed by atoms with van der Waals surface area (Å²) in [5, 5.41) is 12.4. The van der Waals surface area contributed by atoms with Crippen molar-refractivity contribution >= 4 is 28.8 Å². The Labute approximate surface area is 123 Å². The fourth-order valence-electron chi connectivity index (χ4n) is 2.07. The normalized spacial score (nSPS) is 11.4. The Hall–Kier alpha value is -2.20. The molecule has 0 atom stereocenters. The standard InChI is InChI=1S/C15H16ClN3O/c1-10-5-3-6-11(9-10)19(2)13-8-4-7-12(16)14(13)15(17)18-20/h3-9,20H,1-2H3,(H2,17,18). The van der Waals surface area contributed by atoms with E-state index in [1.165, 1.54) is 0 Å². The smallest absolute Gasteiger partial charge is 0.173 e. The number of nitrogens with two attached hydrogens (primary N) is 1. The van der Waals surface area contributed by atoms with E-state index in [9.17, 15) is 0 Å². The van der Waals surface area contributed by atoms with Crippen LogP contribution in [0.25, 0.3) is 0 Å². The summed E-state index contributed by atoms with van der Waals surface area (Å²) in [6.07, 6.45) is 0. The lowest BCUT2D eigenvalue weighted by Gasteiger charge is -2.23. The molecule has 2 aromatic carbocycles. The number of rotatable bonds is 3. The number of hydrogen-bond acceptors (Lipinski definition) is 3. The highest BCUT2D eigenvalue weighted by molar-refractivity contribution is 6.35. The third-order valence-electron chi connectivity index (χ3n) is 3.11. The molecule has 0 aromatic heterocycles. The maximum absolute atomic E-state index is 8.92. The minimum Gasteiger partial charge on any atom is -0.409 e. The van der Waals surface area contributed by atoms with E-state index in [-0.39, 0.29) is 5.84 Å². The Morgan fingerprint density at radius 2 is 1.95 bits per heavy atom. The first-order valence-corrected chi connectivity index (χ1v) is 6.49. The summed E-state index contributed by atoms with van der Waals surface area (Å²) in [4.78, 5) is 1.95. The van der Waals surface area contributed by atoms with Gasteiger partial charge in [0.25, 0.3) is 0 Å². The highest BCUT2D eigenvalue weighted by Crippen LogP contribution is 2.31. The lowest BCUT2D eigenvalue weighted by atomic mass is 10.1. The maximum Gasteiger partial charge on any atom is 0.173 e. The summed E-state index contributed by atoms with van der Waals surface area (Å²) in [7, 11) is 1.91. The van der Waals surface area contributed by atoms with Crippen molar-refractivity contribution in [2.45, 2.75) is 6.92 Å². The third-order valence-corrected chi connectivity index (χ3v) is 3.42. The minimum atomic E-state index is -0.00916. The van der Waals surface area contributed by atoms with Crippen LogP contribution >= 0.6 is 11.6 Å². The molecule has 0 aliphatic rings. The summed E-state index contributed by atoms with van der Waals surface area (Å²) in [6.45, 7) is 2.03. The molecule has 104 valence electrons. The molecule has 0 aliphatic carbocycles. The van der Waals surface area contributed by atoms with Crippen LogP contribution in [-0.4, -0.2) is 18.1 Å². The highest BCUT2D eigenvalue weighted by Gasteiger charge is 2.15. The van der Waals surface area contributed by atoms with Crippen molar-refractivity contribution in [3.8, 4) is 0 Å². The predicted molar refractivity (Wildman–Crippen MR) is 83.2 cm³/mol. The van der Waals surface area contributed by atoms with Gasteiger partial charge in [0.2, 0.25) is 0 Å². The van der Waals surface area contributed by atoms with Crippen molar-refractivity contribution in [1.29, 1.82) is 0 Å². The third kappa shape index (κ3) is 2.70. The van der Waals surface area contributed by atoms with E-state index in [1.54, 1.807) is 6.07 Å². The Kier molecular flexibility index (Phi) is 4.15. The molecule has 2 rings (SSSR count). The fraction of sp³-hybridized carbons (Fsp3) is 0.133. The molecule has 0 unspecified atom stereocenters. The van der Waals surface area contributed by atoms with Crippen molar-refractivity contribution in [3.05, 3.63) is 58.6 Å². The zero-order valence-electron chi connectivity index (χ0n) is 11.3. The van der Waals surface area contributed by atoms with Gasteiger partial charge in [-0.15, -0.1) is 0 Å². The average Bonchev–Trinajstić information content (AvgIpc) is 2.45. The second-order valence-corrected chi connectivity index (χ2v) is 4.92. The van der Waals surface area contributed by atoms with E-state index < -0.39 is 0 Å². The molecule has 0 saturated carbocycles. The molecule has 0 aliphatic heterocycles. The van der Waals surface area contributed by atoms with Crippen molar-refractivity contribution in [2.75, 3.05) is 11.9 Å². The first-order valence-electron chi connectivity index (χ1n) is 6.11. The zero-order valence-corrected chi connectivity index (χ0v) is 12.1. The zero-order chi connectivity index (χ0) is 14.7. The largest absolute Gasteiger partial charge is 0.409 e. The van der Waals surface area contributed by atoms with Gasteiger partial charge in [0, 0.05) is 12.7 Å². The molecule has 0 heterocycles. The van der Waals surface area contributed by atoms with Crippen LogP contribution in [0.15, 0.2) is 47.6 Å². The Bertz CT molecular complexity index is 655. The van der Waals surface area contributed by atoms with Gasteiger partial charge in [-0.3, -0.25) is 0 Å². The molecule has 5 heteroatoms. The molecule has 0 saturated heterocycles. The van der Waals surface area contributed by atoms with E-state index >= 15 is 0 Å². The monoisotopic (exact) mass is 289 g/mol. The Morgan fingerprint density at radius 3 is 2.60 bits per heavy atom. The van der Waals surface area contributed by atoms with Crippen LogP contribution in [0.1, 0.15) is 11.1 Å². The van der Waals surface area contributed by atoms with Crippen LogP contribution in [0.5, 0.6) is 0 Å². The summed E-state index contributed by atoms with van der Waals surface area (Å²) in [5.41, 5.74) is 9.18. The number of nitrogens with zero attached hydrogens (tertiary/aromatic N) is 2. The topological polar surface area (TPSA) is 61.8 Å². The molecule has 2 aromatic rings. The molecule has 0 spiro atoms. The van der Waals surface area contributed by atoms with Crippen molar-refractivity contribution in [3.63, 3.8) is 0 Å². The van der Waals surface area contributed by atoms with Gasteiger partial charge in [-0.2, -0.15) is 0 Å². The second kappa shape index (κ2) is 5.84. The molecule has 0 amide bonds. The van der Waals surface area contributed by atoms with E-state index in [1.807, 2.05) is 49.2 Å². The number of hydrogen-bond donors (Lipinski definition) is 2. The van der Waals surface area contributed by atoms with Gasteiger partial charge in [0.15, 0.2) is 5.84 Å². The van der Waals surface area contributed by atoms with Crippen molar-refractivity contribution < 1.29 is 5.21 Å². The van der Waals surface area contributed by atoms with Crippen LogP contribution in [-0.2, 0) is 0 Å². The first kappa shape index (κ1) is 14.2. The van der Waals surface area contributed by atoms with Gasteiger partial charge < -0.3 is 15.8 Å². The second-order valence-electron chi connectivity index (χ2n) is 4.52. The van der Waals surface area contributed by atoms with E-state index in [4.69, 9.17) is 22.5 Å². The molecular weight excluding hydrogens is 274 g/mol. The summed E-state index contributed by atoms with van der Waals surface area (Å²) < 4.78 is 0. The number of halogens is 1. The summed E-state index contributed by atoms with van der Waals surface area (Å²) in [6, 6.07) is 13.5. The van der Waals surface area contributed by atoms with Crippen LogP contribution in [0.2, 0.25) is 5.02 Å². The average molecular weight is 290 g/mol. The lowest BCUT2D eigenvalue weighted by molar-refractivity contribution is 0.318. The van der Waals surface area contributed by atoms with Gasteiger partial charge in [0.1, 0.15) is 0 Å². The quantitative estimate of drug-likeness (QED) is 0.393. The lowest BCUT2D eigenvalue weighted by Crippen LogP contribution is -2.20. The molecule has 0 bridgehead atoms. The van der Waals surface area contributed by atoms with Gasteiger partial charge in [-0.1, -0.05) is 35.0 Å². The van der Waals surface area contributed by atoms with Crippen LogP contribution in [0.4, 0.5) is 11.4 Å².